The van der Waals surface area contributed by atoms with Crippen LogP contribution in [0.1, 0.15) is 16.1 Å². The fourth-order valence-corrected chi connectivity index (χ4v) is 1.97. The third-order valence-corrected chi connectivity index (χ3v) is 2.96. The predicted octanol–water partition coefficient (Wildman–Crippen LogP) is 3.07. The standard InChI is InChI=1S/C8H6BrCl2NO2/c1-14-8(13)7-4(2-9)6(11)5(10)3-12-7/h3H,2H2,1H3. The van der Waals surface area contributed by atoms with Gasteiger partial charge in [-0.3, -0.25) is 0 Å². The van der Waals surface area contributed by atoms with Crippen molar-refractivity contribution in [3.05, 3.63) is 27.5 Å². The van der Waals surface area contributed by atoms with Gasteiger partial charge >= 0.3 is 5.97 Å². The van der Waals surface area contributed by atoms with Crippen molar-refractivity contribution in [1.29, 1.82) is 0 Å². The Balaban J connectivity index is 3.31. The number of hydrogen-bond donors (Lipinski definition) is 0. The topological polar surface area (TPSA) is 39.2 Å². The number of esters is 1. The molecule has 0 atom stereocenters. The molecule has 0 aliphatic carbocycles. The van der Waals surface area contributed by atoms with Crippen LogP contribution in [0, 0.1) is 0 Å². The monoisotopic (exact) mass is 297 g/mol. The lowest BCUT2D eigenvalue weighted by Gasteiger charge is -2.06. The van der Waals surface area contributed by atoms with Crippen molar-refractivity contribution in [1.82, 2.24) is 4.98 Å². The second kappa shape index (κ2) is 4.96. The maximum absolute atomic E-state index is 11.2. The molecule has 0 bridgehead atoms. The molecule has 0 amide bonds. The Morgan fingerprint density at radius 1 is 1.64 bits per heavy atom. The van der Waals surface area contributed by atoms with E-state index in [4.69, 9.17) is 23.2 Å². The van der Waals surface area contributed by atoms with Gasteiger partial charge in [0, 0.05) is 17.1 Å². The number of halogens is 3. The smallest absolute Gasteiger partial charge is 0.357 e. The molecular weight excluding hydrogens is 293 g/mol. The zero-order valence-electron chi connectivity index (χ0n) is 7.18. The highest BCUT2D eigenvalue weighted by molar-refractivity contribution is 9.08. The van der Waals surface area contributed by atoms with Crippen molar-refractivity contribution in [2.75, 3.05) is 7.11 Å². The molecule has 14 heavy (non-hydrogen) atoms. The van der Waals surface area contributed by atoms with E-state index in [0.29, 0.717) is 20.9 Å². The number of alkyl halides is 1. The Hall–Kier alpha value is -0.320. The van der Waals surface area contributed by atoms with Crippen molar-refractivity contribution in [2.45, 2.75) is 5.33 Å². The number of pyridine rings is 1. The van der Waals surface area contributed by atoms with E-state index < -0.39 is 5.97 Å². The first-order valence-corrected chi connectivity index (χ1v) is 5.46. The third kappa shape index (κ3) is 2.19. The summed E-state index contributed by atoms with van der Waals surface area (Å²) in [6.07, 6.45) is 1.32. The Morgan fingerprint density at radius 2 is 2.29 bits per heavy atom. The molecule has 3 nitrogen and oxygen atoms in total. The Kier molecular flexibility index (Phi) is 4.16. The van der Waals surface area contributed by atoms with Crippen LogP contribution < -0.4 is 0 Å². The molecule has 0 saturated carbocycles. The molecule has 0 fully saturated rings. The summed E-state index contributed by atoms with van der Waals surface area (Å²) in [6.45, 7) is 0. The van der Waals surface area contributed by atoms with Gasteiger partial charge in [0.25, 0.3) is 0 Å². The molecule has 1 heterocycles. The number of aromatic nitrogens is 1. The summed E-state index contributed by atoms with van der Waals surface area (Å²) >= 11 is 14.8. The lowest BCUT2D eigenvalue weighted by atomic mass is 10.2. The minimum Gasteiger partial charge on any atom is -0.464 e. The summed E-state index contributed by atoms with van der Waals surface area (Å²) in [6, 6.07) is 0. The number of nitrogens with zero attached hydrogens (tertiary/aromatic N) is 1. The summed E-state index contributed by atoms with van der Waals surface area (Å²) in [4.78, 5) is 15.1. The number of ether oxygens (including phenoxy) is 1. The quantitative estimate of drug-likeness (QED) is 0.622. The van der Waals surface area contributed by atoms with E-state index in [1.165, 1.54) is 13.3 Å². The first-order valence-electron chi connectivity index (χ1n) is 3.59. The van der Waals surface area contributed by atoms with Gasteiger partial charge in [-0.15, -0.1) is 0 Å². The van der Waals surface area contributed by atoms with Gasteiger partial charge in [0.2, 0.25) is 0 Å². The highest BCUT2D eigenvalue weighted by atomic mass is 79.9. The summed E-state index contributed by atoms with van der Waals surface area (Å²) in [5, 5.41) is 1.02. The van der Waals surface area contributed by atoms with Crippen LogP contribution in [0.15, 0.2) is 6.20 Å². The Bertz CT molecular complexity index is 371. The minimum absolute atomic E-state index is 0.179. The number of carbonyl (C=O) groups excluding carboxylic acids is 1. The Labute approximate surface area is 99.5 Å². The van der Waals surface area contributed by atoms with E-state index in [9.17, 15) is 4.79 Å². The van der Waals surface area contributed by atoms with Crippen molar-refractivity contribution >= 4 is 45.1 Å². The molecule has 0 N–H and O–H groups in total. The number of rotatable bonds is 2. The minimum atomic E-state index is -0.530. The van der Waals surface area contributed by atoms with Crippen molar-refractivity contribution < 1.29 is 9.53 Å². The van der Waals surface area contributed by atoms with Gasteiger partial charge in [0.1, 0.15) is 0 Å². The molecule has 0 unspecified atom stereocenters. The van der Waals surface area contributed by atoms with Gasteiger partial charge in [-0.25, -0.2) is 9.78 Å². The van der Waals surface area contributed by atoms with Crippen LogP contribution >= 0.6 is 39.1 Å². The molecule has 1 rings (SSSR count). The van der Waals surface area contributed by atoms with Gasteiger partial charge in [-0.05, 0) is 0 Å². The zero-order chi connectivity index (χ0) is 10.7. The maximum Gasteiger partial charge on any atom is 0.357 e. The molecule has 0 aromatic carbocycles. The van der Waals surface area contributed by atoms with Crippen LogP contribution in [-0.2, 0) is 10.1 Å². The normalized spacial score (nSPS) is 10.0. The van der Waals surface area contributed by atoms with Gasteiger partial charge < -0.3 is 4.74 Å². The molecule has 76 valence electrons. The molecule has 6 heteroatoms. The number of methoxy groups -OCH3 is 1. The van der Waals surface area contributed by atoms with E-state index in [2.05, 4.69) is 25.7 Å². The van der Waals surface area contributed by atoms with E-state index in [1.54, 1.807) is 0 Å². The van der Waals surface area contributed by atoms with Crippen LogP contribution in [0.4, 0.5) is 0 Å². The van der Waals surface area contributed by atoms with Crippen molar-refractivity contribution in [3.63, 3.8) is 0 Å². The lowest BCUT2D eigenvalue weighted by molar-refractivity contribution is 0.0593. The summed E-state index contributed by atoms with van der Waals surface area (Å²) < 4.78 is 4.55. The van der Waals surface area contributed by atoms with E-state index in [1.807, 2.05) is 0 Å². The van der Waals surface area contributed by atoms with Gasteiger partial charge in [-0.2, -0.15) is 0 Å². The summed E-state index contributed by atoms with van der Waals surface area (Å²) in [5.41, 5.74) is 0.713. The molecule has 0 radical (unpaired) electrons. The van der Waals surface area contributed by atoms with Gasteiger partial charge in [0.15, 0.2) is 5.69 Å². The maximum atomic E-state index is 11.2. The molecule has 0 spiro atoms. The molecule has 1 aromatic heterocycles. The van der Waals surface area contributed by atoms with Crippen LogP contribution in [0.2, 0.25) is 10.0 Å². The van der Waals surface area contributed by atoms with Gasteiger partial charge in [0.05, 0.1) is 17.2 Å². The second-order valence-corrected chi connectivity index (χ2v) is 3.72. The van der Waals surface area contributed by atoms with E-state index in [0.717, 1.165) is 0 Å². The predicted molar refractivity (Wildman–Crippen MR) is 58.2 cm³/mol. The van der Waals surface area contributed by atoms with E-state index in [-0.39, 0.29) is 5.69 Å². The zero-order valence-corrected chi connectivity index (χ0v) is 10.3. The number of carbonyl (C=O) groups is 1. The first-order chi connectivity index (χ1) is 6.61. The largest absolute Gasteiger partial charge is 0.464 e. The SMILES string of the molecule is COC(=O)c1ncc(Cl)c(Cl)c1CBr. The summed E-state index contributed by atoms with van der Waals surface area (Å²) in [7, 11) is 1.28. The Morgan fingerprint density at radius 3 is 2.79 bits per heavy atom. The summed E-state index contributed by atoms with van der Waals surface area (Å²) in [5.74, 6) is -0.530. The lowest BCUT2D eigenvalue weighted by Crippen LogP contribution is -2.08. The fraction of sp³-hybridized carbons (Fsp3) is 0.250. The third-order valence-electron chi connectivity index (χ3n) is 1.58. The van der Waals surface area contributed by atoms with Crippen molar-refractivity contribution in [3.8, 4) is 0 Å². The molecule has 0 aliphatic heterocycles. The van der Waals surface area contributed by atoms with Crippen LogP contribution in [0.25, 0.3) is 0 Å². The van der Waals surface area contributed by atoms with Crippen molar-refractivity contribution in [2.24, 2.45) is 0 Å². The highest BCUT2D eigenvalue weighted by Gasteiger charge is 2.17. The average molecular weight is 299 g/mol. The molecule has 1 aromatic rings. The highest BCUT2D eigenvalue weighted by Crippen LogP contribution is 2.28. The molecular formula is C8H6BrCl2NO2. The number of hydrogen-bond acceptors (Lipinski definition) is 3. The van der Waals surface area contributed by atoms with Gasteiger partial charge in [-0.1, -0.05) is 39.1 Å². The second-order valence-electron chi connectivity index (χ2n) is 2.37. The molecule has 0 saturated heterocycles. The van der Waals surface area contributed by atoms with Crippen LogP contribution in [0.5, 0.6) is 0 Å². The van der Waals surface area contributed by atoms with E-state index >= 15 is 0 Å². The van der Waals surface area contributed by atoms with Crippen LogP contribution in [-0.4, -0.2) is 18.1 Å². The fourth-order valence-electron chi connectivity index (χ4n) is 0.898. The average Bonchev–Trinajstić information content (AvgIpc) is 2.20. The van der Waals surface area contributed by atoms with Crippen LogP contribution in [0.3, 0.4) is 0 Å². The molecule has 0 aliphatic rings. The first kappa shape index (κ1) is 11.8.